The van der Waals surface area contributed by atoms with Gasteiger partial charge in [0.1, 0.15) is 12.1 Å². The molecular weight excluding hydrogens is 497 g/mol. The van der Waals surface area contributed by atoms with Crippen molar-refractivity contribution in [1.82, 2.24) is 19.3 Å². The van der Waals surface area contributed by atoms with E-state index < -0.39 is 23.9 Å². The van der Waals surface area contributed by atoms with Crippen LogP contribution in [0.3, 0.4) is 0 Å². The predicted molar refractivity (Wildman–Crippen MR) is 114 cm³/mol. The largest absolute Gasteiger partial charge is 0.490 e. The van der Waals surface area contributed by atoms with Crippen molar-refractivity contribution >= 4 is 5.97 Å². The molecule has 3 heterocycles. The summed E-state index contributed by atoms with van der Waals surface area (Å²) in [6.07, 6.45) is -4.12. The third-order valence-electron chi connectivity index (χ3n) is 4.81. The first-order valence-corrected chi connectivity index (χ1v) is 9.97. The number of nitrogens with two attached hydrogens (primary N) is 1. The van der Waals surface area contributed by atoms with Crippen molar-refractivity contribution in [3.05, 3.63) is 64.5 Å². The van der Waals surface area contributed by atoms with Crippen LogP contribution in [-0.4, -0.2) is 49.9 Å². The minimum absolute atomic E-state index is 0.190. The second-order valence-corrected chi connectivity index (χ2v) is 7.24. The first-order valence-electron chi connectivity index (χ1n) is 9.97. The Morgan fingerprint density at radius 3 is 2.42 bits per heavy atom. The van der Waals surface area contributed by atoms with Crippen molar-refractivity contribution in [1.29, 1.82) is 0 Å². The van der Waals surface area contributed by atoms with Gasteiger partial charge in [-0.1, -0.05) is 6.07 Å². The lowest BCUT2D eigenvalue weighted by atomic mass is 10.1. The highest BCUT2D eigenvalue weighted by molar-refractivity contribution is 5.73. The van der Waals surface area contributed by atoms with Crippen molar-refractivity contribution in [3.8, 4) is 28.4 Å². The van der Waals surface area contributed by atoms with Crippen molar-refractivity contribution in [2.45, 2.75) is 19.6 Å². The van der Waals surface area contributed by atoms with Crippen LogP contribution in [0.4, 0.5) is 22.0 Å². The van der Waals surface area contributed by atoms with Crippen LogP contribution in [0.5, 0.6) is 11.5 Å². The highest BCUT2D eigenvalue weighted by Gasteiger charge is 2.38. The number of carbonyl (C=O) groups is 1. The van der Waals surface area contributed by atoms with Gasteiger partial charge in [-0.25, -0.2) is 23.8 Å². The molecule has 36 heavy (non-hydrogen) atoms. The average Bonchev–Trinajstić information content (AvgIpc) is 3.43. The molecule has 1 aliphatic rings. The van der Waals surface area contributed by atoms with E-state index in [1.807, 2.05) is 24.3 Å². The zero-order chi connectivity index (χ0) is 26.6. The van der Waals surface area contributed by atoms with E-state index in [4.69, 9.17) is 25.1 Å². The summed E-state index contributed by atoms with van der Waals surface area (Å²) in [7, 11) is 0. The average molecular weight is 515 g/mol. The van der Waals surface area contributed by atoms with Crippen molar-refractivity contribution in [3.63, 3.8) is 0 Å². The maximum atomic E-state index is 12.8. The van der Waals surface area contributed by atoms with Crippen LogP contribution in [0.25, 0.3) is 16.9 Å². The molecule has 1 aliphatic heterocycles. The molecule has 0 radical (unpaired) electrons. The topological polar surface area (TPSA) is 134 Å². The van der Waals surface area contributed by atoms with Crippen molar-refractivity contribution in [2.24, 2.45) is 5.73 Å². The molecule has 4 rings (SSSR count). The molecule has 3 aromatic rings. The van der Waals surface area contributed by atoms with Crippen molar-refractivity contribution < 1.29 is 41.3 Å². The molecule has 3 N–H and O–H groups in total. The monoisotopic (exact) mass is 515 g/mol. The van der Waals surface area contributed by atoms with E-state index in [2.05, 4.69) is 10.1 Å². The summed E-state index contributed by atoms with van der Waals surface area (Å²) in [5.74, 6) is -1.05. The molecule has 1 aromatic carbocycles. The lowest BCUT2D eigenvalue weighted by molar-refractivity contribution is -0.192. The third kappa shape index (κ3) is 5.86. The Kier molecular flexibility index (Phi) is 7.72. The number of ether oxygens (including phenoxy) is 2. The number of fused-ring (bicyclic) bond motifs is 1. The lowest BCUT2D eigenvalue weighted by Gasteiger charge is -2.08. The summed E-state index contributed by atoms with van der Waals surface area (Å²) in [5, 5.41) is 11.0. The van der Waals surface area contributed by atoms with E-state index in [9.17, 15) is 26.7 Å². The number of nitrogens with zero attached hydrogens (tertiary/aromatic N) is 4. The van der Waals surface area contributed by atoms with Gasteiger partial charge < -0.3 is 20.3 Å². The quantitative estimate of drug-likeness (QED) is 0.496. The van der Waals surface area contributed by atoms with Crippen LogP contribution in [0.15, 0.2) is 53.2 Å². The number of rotatable bonds is 5. The third-order valence-corrected chi connectivity index (χ3v) is 4.81. The van der Waals surface area contributed by atoms with Gasteiger partial charge in [0.15, 0.2) is 11.5 Å². The normalized spacial score (nSPS) is 12.1. The molecule has 0 bridgehead atoms. The van der Waals surface area contributed by atoms with Gasteiger partial charge in [0.25, 0.3) is 6.08 Å². The zero-order valence-electron chi connectivity index (χ0n) is 18.4. The van der Waals surface area contributed by atoms with E-state index in [1.54, 1.807) is 13.1 Å². The first kappa shape index (κ1) is 26.3. The van der Waals surface area contributed by atoms with Gasteiger partial charge in [-0.15, -0.1) is 0 Å². The lowest BCUT2D eigenvalue weighted by Crippen LogP contribution is -2.27. The Labute approximate surface area is 199 Å². The number of aromatic nitrogens is 4. The Balaban J connectivity index is 0.000000454. The molecule has 15 heteroatoms. The number of halogens is 5. The summed E-state index contributed by atoms with van der Waals surface area (Å²) in [5.41, 5.74) is 6.81. The number of hydrogen-bond donors (Lipinski definition) is 2. The van der Waals surface area contributed by atoms with Crippen LogP contribution in [0.2, 0.25) is 0 Å². The van der Waals surface area contributed by atoms with E-state index in [0.29, 0.717) is 22.9 Å². The van der Waals surface area contributed by atoms with Gasteiger partial charge in [-0.2, -0.15) is 27.1 Å². The number of aliphatic carboxylic acids is 1. The Hall–Kier alpha value is -4.27. The summed E-state index contributed by atoms with van der Waals surface area (Å²) in [6, 6.07) is 7.44. The van der Waals surface area contributed by atoms with Crippen LogP contribution >= 0.6 is 0 Å². The predicted octanol–water partition coefficient (Wildman–Crippen LogP) is 2.88. The van der Waals surface area contributed by atoms with Crippen LogP contribution < -0.4 is 20.9 Å². The fourth-order valence-corrected chi connectivity index (χ4v) is 3.03. The number of alkyl halides is 3. The minimum atomic E-state index is -5.08. The molecule has 0 unspecified atom stereocenters. The van der Waals surface area contributed by atoms with Gasteiger partial charge >= 0.3 is 17.8 Å². The van der Waals surface area contributed by atoms with Crippen LogP contribution in [0.1, 0.15) is 5.56 Å². The molecule has 0 amide bonds. The summed E-state index contributed by atoms with van der Waals surface area (Å²) >= 11 is 0. The maximum absolute atomic E-state index is 12.8. The Bertz CT molecular complexity index is 1360. The van der Waals surface area contributed by atoms with Gasteiger partial charge in [0, 0.05) is 23.9 Å². The minimum Gasteiger partial charge on any atom is -0.475 e. The molecule has 0 atom stereocenters. The van der Waals surface area contributed by atoms with Gasteiger partial charge in [0.2, 0.25) is 6.79 Å². The summed E-state index contributed by atoms with van der Waals surface area (Å²) in [6.45, 7) is 1.26. The number of benzene rings is 1. The summed E-state index contributed by atoms with van der Waals surface area (Å²) in [4.78, 5) is 25.8. The maximum Gasteiger partial charge on any atom is 0.490 e. The van der Waals surface area contributed by atoms with E-state index in [1.165, 1.54) is 10.9 Å². The number of hydrogen-bond acceptors (Lipinski definition) is 7. The van der Waals surface area contributed by atoms with Crippen LogP contribution in [0, 0.1) is 6.92 Å². The number of pyridine rings is 1. The smallest absolute Gasteiger partial charge is 0.475 e. The Morgan fingerprint density at radius 1 is 1.17 bits per heavy atom. The fourth-order valence-electron chi connectivity index (χ4n) is 3.03. The van der Waals surface area contributed by atoms with Crippen molar-refractivity contribution in [2.75, 3.05) is 13.3 Å². The fraction of sp³-hybridized carbons (Fsp3) is 0.238. The van der Waals surface area contributed by atoms with Gasteiger partial charge in [-0.05, 0) is 36.2 Å². The molecule has 0 saturated carbocycles. The van der Waals surface area contributed by atoms with Gasteiger partial charge in [-0.3, -0.25) is 0 Å². The Morgan fingerprint density at radius 2 is 1.83 bits per heavy atom. The SMILES string of the molecule is Cc1cc(-c2ccc3c(c2)OCO3)cnc1-n1cnn(CC(CN)=C(F)F)c1=O.O=C(O)C(F)(F)F. The number of carboxylic acids is 1. The second-order valence-electron chi connectivity index (χ2n) is 7.24. The molecule has 0 spiro atoms. The molecular formula is C21H18F5N5O5. The molecule has 0 saturated heterocycles. The van der Waals surface area contributed by atoms with E-state index in [-0.39, 0.29) is 25.5 Å². The first-order chi connectivity index (χ1) is 16.9. The van der Waals surface area contributed by atoms with E-state index >= 15 is 0 Å². The zero-order valence-corrected chi connectivity index (χ0v) is 18.4. The number of aryl methyl sites for hydroxylation is 1. The highest BCUT2D eigenvalue weighted by atomic mass is 19.4. The molecule has 10 nitrogen and oxygen atoms in total. The van der Waals surface area contributed by atoms with E-state index in [0.717, 1.165) is 15.8 Å². The number of carboxylic acid groups (broad SMARTS) is 1. The summed E-state index contributed by atoms with van der Waals surface area (Å²) < 4.78 is 70.2. The standard InChI is InChI=1S/C19H17F2N5O3.C2HF3O2/c1-11-4-13(12-2-3-15-16(5-12)29-10-28-15)7-23-18(11)25-9-24-26(19(25)27)8-14(6-22)17(20)21;3-2(4,5)1(6)7/h2-5,7,9H,6,8,10,22H2,1H3;(H,6,7). The van der Waals surface area contributed by atoms with Gasteiger partial charge in [0.05, 0.1) is 6.54 Å². The molecule has 0 aliphatic carbocycles. The highest BCUT2D eigenvalue weighted by Crippen LogP contribution is 2.36. The molecule has 192 valence electrons. The second kappa shape index (κ2) is 10.6. The molecule has 0 fully saturated rings. The van der Waals surface area contributed by atoms with Crippen LogP contribution in [-0.2, 0) is 11.3 Å². The molecule has 2 aromatic heterocycles.